The van der Waals surface area contributed by atoms with E-state index in [1.165, 1.54) is 0 Å². The van der Waals surface area contributed by atoms with Crippen molar-refractivity contribution >= 4 is 55.1 Å². The highest BCUT2D eigenvalue weighted by atomic mass is 16.4. The van der Waals surface area contributed by atoms with Crippen LogP contribution in [0, 0.1) is 0 Å². The van der Waals surface area contributed by atoms with Crippen molar-refractivity contribution in [2.45, 2.75) is 27.7 Å². The van der Waals surface area contributed by atoms with Gasteiger partial charge in [-0.05, 0) is 99.5 Å². The lowest BCUT2D eigenvalue weighted by molar-refractivity contribution is 0.563. The molecule has 8 aromatic rings. The number of fused-ring (bicyclic) bond motifs is 5. The first-order valence-corrected chi connectivity index (χ1v) is 17.7. The first kappa shape index (κ1) is 32.1. The monoisotopic (exact) mass is 673 g/mol. The van der Waals surface area contributed by atoms with Crippen molar-refractivity contribution in [2.75, 3.05) is 36.0 Å². The molecule has 0 N–H and O–H groups in total. The average Bonchev–Trinajstić information content (AvgIpc) is 3.48. The lowest BCUT2D eigenvalue weighted by atomic mass is 10.0. The fraction of sp³-hybridized carbons (Fsp3) is 0.182. The van der Waals surface area contributed by atoms with Gasteiger partial charge in [0.05, 0.1) is 22.2 Å². The molecule has 3 aromatic heterocycles. The van der Waals surface area contributed by atoms with Crippen LogP contribution >= 0.6 is 0 Å². The van der Waals surface area contributed by atoms with Gasteiger partial charge in [-0.25, -0.2) is 9.59 Å². The first-order chi connectivity index (χ1) is 24.9. The molecule has 5 aromatic carbocycles. The Bertz CT molecular complexity index is 2530. The zero-order chi connectivity index (χ0) is 35.2. The Balaban J connectivity index is 1.28. The number of benzene rings is 5. The lowest BCUT2D eigenvalue weighted by Gasteiger charge is -2.21. The number of aromatic nitrogens is 1. The quantitative estimate of drug-likeness (QED) is 0.142. The van der Waals surface area contributed by atoms with Gasteiger partial charge in [0.1, 0.15) is 11.2 Å². The molecule has 0 aliphatic carbocycles. The molecule has 51 heavy (non-hydrogen) atoms. The summed E-state index contributed by atoms with van der Waals surface area (Å²) in [5.74, 6) is 0. The standard InChI is InChI=1S/C44H39N3O4/c1-5-45(6-2)33-18-14-30-22-37(43(48)50-41(30)26-33)28-16-20-35-36-21-17-29(25-40(36)47(39(35)24-28)32-12-10-9-11-13-32)38-23-31-15-19-34(46(7-3)8-4)27-42(31)51-44(38)49/h9-27H,5-8H2,1-4H3. The number of para-hydroxylation sites is 1. The van der Waals surface area contributed by atoms with Crippen molar-refractivity contribution < 1.29 is 8.83 Å². The molecule has 0 bridgehead atoms. The van der Waals surface area contributed by atoms with E-state index < -0.39 is 0 Å². The summed E-state index contributed by atoms with van der Waals surface area (Å²) >= 11 is 0. The molecular formula is C44H39N3O4. The number of rotatable bonds is 9. The Labute approximate surface area is 295 Å². The Morgan fingerprint density at radius 3 is 1.39 bits per heavy atom. The number of hydrogen-bond acceptors (Lipinski definition) is 6. The molecular weight excluding hydrogens is 635 g/mol. The molecule has 3 heterocycles. The van der Waals surface area contributed by atoms with Crippen molar-refractivity contribution in [1.29, 1.82) is 0 Å². The van der Waals surface area contributed by atoms with E-state index in [2.05, 4.69) is 90.6 Å². The molecule has 0 amide bonds. The maximum atomic E-state index is 13.5. The van der Waals surface area contributed by atoms with Crippen molar-refractivity contribution in [2.24, 2.45) is 0 Å². The number of nitrogens with zero attached hydrogens (tertiary/aromatic N) is 3. The van der Waals surface area contributed by atoms with Crippen LogP contribution in [0.15, 0.2) is 134 Å². The van der Waals surface area contributed by atoms with E-state index in [1.807, 2.05) is 66.7 Å². The predicted molar refractivity (Wildman–Crippen MR) is 211 cm³/mol. The summed E-state index contributed by atoms with van der Waals surface area (Å²) in [5, 5.41) is 3.81. The second-order valence-electron chi connectivity index (χ2n) is 12.8. The zero-order valence-electron chi connectivity index (χ0n) is 29.3. The summed E-state index contributed by atoms with van der Waals surface area (Å²) in [5.41, 5.74) is 7.84. The molecule has 0 spiro atoms. The van der Waals surface area contributed by atoms with Crippen molar-refractivity contribution in [3.8, 4) is 27.9 Å². The maximum absolute atomic E-state index is 13.5. The minimum Gasteiger partial charge on any atom is -0.422 e. The molecule has 8 rings (SSSR count). The average molecular weight is 674 g/mol. The molecule has 254 valence electrons. The minimum atomic E-state index is -0.379. The van der Waals surface area contributed by atoms with Crippen LogP contribution < -0.4 is 21.1 Å². The molecule has 0 unspecified atom stereocenters. The molecule has 7 heteroatoms. The van der Waals surface area contributed by atoms with Gasteiger partial charge in [0, 0.05) is 76.9 Å². The summed E-state index contributed by atoms with van der Waals surface area (Å²) in [7, 11) is 0. The summed E-state index contributed by atoms with van der Waals surface area (Å²) < 4.78 is 14.0. The van der Waals surface area contributed by atoms with Crippen LogP contribution in [0.1, 0.15) is 27.7 Å². The van der Waals surface area contributed by atoms with Crippen LogP contribution in [-0.2, 0) is 0 Å². The van der Waals surface area contributed by atoms with Crippen LogP contribution in [0.4, 0.5) is 11.4 Å². The Hall–Kier alpha value is -6.08. The SMILES string of the molecule is CCN(CC)c1ccc2cc(-c3ccc4c5ccc(-c6cc7ccc(N(CC)CC)cc7oc6=O)cc5n(-c5ccccc5)c4c3)c(=O)oc2c1. The molecule has 7 nitrogen and oxygen atoms in total. The van der Waals surface area contributed by atoms with Gasteiger partial charge in [0.15, 0.2) is 0 Å². The third kappa shape index (κ3) is 5.55. The van der Waals surface area contributed by atoms with Gasteiger partial charge in [-0.2, -0.15) is 0 Å². The molecule has 0 fully saturated rings. The second-order valence-corrected chi connectivity index (χ2v) is 12.8. The fourth-order valence-corrected chi connectivity index (χ4v) is 7.38. The molecule has 0 saturated heterocycles. The van der Waals surface area contributed by atoms with Crippen molar-refractivity contribution in [3.63, 3.8) is 0 Å². The van der Waals surface area contributed by atoms with Crippen LogP contribution in [0.2, 0.25) is 0 Å². The Morgan fingerprint density at radius 2 is 0.961 bits per heavy atom. The zero-order valence-corrected chi connectivity index (χ0v) is 29.3. The second kappa shape index (κ2) is 13.0. The molecule has 0 saturated carbocycles. The van der Waals surface area contributed by atoms with Gasteiger partial charge in [0.2, 0.25) is 0 Å². The molecule has 0 aliphatic rings. The van der Waals surface area contributed by atoms with Crippen LogP contribution in [0.25, 0.3) is 71.7 Å². The Morgan fingerprint density at radius 1 is 0.510 bits per heavy atom. The third-order valence-electron chi connectivity index (χ3n) is 10.1. The smallest absolute Gasteiger partial charge is 0.344 e. The van der Waals surface area contributed by atoms with E-state index in [-0.39, 0.29) is 11.3 Å². The highest BCUT2D eigenvalue weighted by Crippen LogP contribution is 2.37. The molecule has 0 radical (unpaired) electrons. The van der Waals surface area contributed by atoms with E-state index in [1.54, 1.807) is 0 Å². The molecule has 0 aliphatic heterocycles. The summed E-state index contributed by atoms with van der Waals surface area (Å²) in [6.45, 7) is 11.9. The number of anilines is 2. The van der Waals surface area contributed by atoms with Crippen LogP contribution in [0.5, 0.6) is 0 Å². The highest BCUT2D eigenvalue weighted by Gasteiger charge is 2.18. The number of hydrogen-bond donors (Lipinski definition) is 0. The van der Waals surface area contributed by atoms with E-state index in [0.717, 1.165) is 86.9 Å². The maximum Gasteiger partial charge on any atom is 0.344 e. The van der Waals surface area contributed by atoms with Crippen molar-refractivity contribution in [1.82, 2.24) is 4.57 Å². The fourth-order valence-electron chi connectivity index (χ4n) is 7.38. The summed E-state index contributed by atoms with van der Waals surface area (Å²) in [6.07, 6.45) is 0. The van der Waals surface area contributed by atoms with E-state index in [4.69, 9.17) is 8.83 Å². The van der Waals surface area contributed by atoms with Gasteiger partial charge in [-0.15, -0.1) is 0 Å². The van der Waals surface area contributed by atoms with Gasteiger partial charge in [0.25, 0.3) is 0 Å². The molecule has 0 atom stereocenters. The largest absolute Gasteiger partial charge is 0.422 e. The van der Waals surface area contributed by atoms with Crippen molar-refractivity contribution in [3.05, 3.63) is 136 Å². The predicted octanol–water partition coefficient (Wildman–Crippen LogP) is 10.0. The van der Waals surface area contributed by atoms with E-state index >= 15 is 0 Å². The first-order valence-electron chi connectivity index (χ1n) is 17.7. The van der Waals surface area contributed by atoms with Gasteiger partial charge in [-0.3, -0.25) is 0 Å². The van der Waals surface area contributed by atoms with Gasteiger partial charge in [-0.1, -0.05) is 42.5 Å². The van der Waals surface area contributed by atoms with E-state index in [9.17, 15) is 9.59 Å². The highest BCUT2D eigenvalue weighted by molar-refractivity contribution is 6.11. The minimum absolute atomic E-state index is 0.379. The summed E-state index contributed by atoms with van der Waals surface area (Å²) in [4.78, 5) is 31.5. The van der Waals surface area contributed by atoms with Gasteiger partial charge < -0.3 is 23.2 Å². The topological polar surface area (TPSA) is 71.8 Å². The van der Waals surface area contributed by atoms with E-state index in [0.29, 0.717) is 22.3 Å². The Kier molecular flexibility index (Phi) is 8.19. The third-order valence-corrected chi connectivity index (χ3v) is 10.1. The normalized spacial score (nSPS) is 11.6. The van der Waals surface area contributed by atoms with Crippen LogP contribution in [0.3, 0.4) is 0 Å². The summed E-state index contributed by atoms with van der Waals surface area (Å²) in [6, 6.07) is 38.3. The van der Waals surface area contributed by atoms with Crippen LogP contribution in [-0.4, -0.2) is 30.7 Å². The lowest BCUT2D eigenvalue weighted by Crippen LogP contribution is -2.21. The van der Waals surface area contributed by atoms with Gasteiger partial charge >= 0.3 is 11.3 Å².